The second-order valence-electron chi connectivity index (χ2n) is 12.2. The molecule has 4 rings (SSSR count). The van der Waals surface area contributed by atoms with Crippen LogP contribution in [0.15, 0.2) is 66.7 Å². The SMILES string of the molecule is CC(C)(C)OC(=O)NC(C)(C)C1CC[C@H](CNC(=O)c2cc(-c3ccc(F)cc3)cc(-c3ccc(F)cc3)c2)C1. The number of ether oxygens (including phenoxy) is 1. The van der Waals surface area contributed by atoms with Gasteiger partial charge in [0, 0.05) is 17.6 Å². The molecule has 0 saturated heterocycles. The van der Waals surface area contributed by atoms with E-state index in [1.54, 1.807) is 36.4 Å². The molecule has 0 aliphatic heterocycles. The zero-order valence-electron chi connectivity index (χ0n) is 23.8. The number of hydrogen-bond donors (Lipinski definition) is 2. The van der Waals surface area contributed by atoms with Crippen molar-refractivity contribution in [1.29, 1.82) is 0 Å². The summed E-state index contributed by atoms with van der Waals surface area (Å²) in [5.74, 6) is -0.340. The van der Waals surface area contributed by atoms with Gasteiger partial charge in [-0.15, -0.1) is 0 Å². The molecule has 0 spiro atoms. The molecule has 212 valence electrons. The lowest BCUT2D eigenvalue weighted by Gasteiger charge is -2.34. The van der Waals surface area contributed by atoms with Crippen LogP contribution >= 0.6 is 0 Å². The molecule has 1 saturated carbocycles. The standard InChI is InChI=1S/C33H38F2N2O3/c1-32(2,3)40-31(39)37-33(4,5)27-11-6-21(16-27)20-36-30(38)26-18-24(22-7-12-28(34)13-8-22)17-25(19-26)23-9-14-29(35)15-10-23/h7-10,12-15,17-19,21,27H,6,11,16,20H2,1-5H3,(H,36,38)(H,37,39)/t21-,27?/m0/s1. The van der Waals surface area contributed by atoms with Gasteiger partial charge in [-0.1, -0.05) is 24.3 Å². The summed E-state index contributed by atoms with van der Waals surface area (Å²) in [5, 5.41) is 6.11. The molecule has 2 amide bonds. The molecule has 0 radical (unpaired) electrons. The molecular formula is C33H38F2N2O3. The Labute approximate surface area is 235 Å². The molecule has 1 unspecified atom stereocenters. The summed E-state index contributed by atoms with van der Waals surface area (Å²) in [6.07, 6.45) is 2.34. The Bertz CT molecular complexity index is 1280. The van der Waals surface area contributed by atoms with E-state index in [2.05, 4.69) is 10.6 Å². The fraction of sp³-hybridized carbons (Fsp3) is 0.394. The van der Waals surface area contributed by atoms with E-state index in [1.165, 1.54) is 24.3 Å². The average molecular weight is 549 g/mol. The number of alkyl carbamates (subject to hydrolysis) is 1. The maximum Gasteiger partial charge on any atom is 0.408 e. The van der Waals surface area contributed by atoms with Crippen molar-refractivity contribution in [3.63, 3.8) is 0 Å². The minimum Gasteiger partial charge on any atom is -0.444 e. The van der Waals surface area contributed by atoms with Crippen molar-refractivity contribution in [1.82, 2.24) is 10.6 Å². The average Bonchev–Trinajstić information content (AvgIpc) is 3.37. The lowest BCUT2D eigenvalue weighted by molar-refractivity contribution is 0.0435. The Balaban J connectivity index is 1.45. The lowest BCUT2D eigenvalue weighted by atomic mass is 9.85. The van der Waals surface area contributed by atoms with Crippen LogP contribution in [0, 0.1) is 23.5 Å². The maximum absolute atomic E-state index is 13.5. The first-order valence-corrected chi connectivity index (χ1v) is 13.8. The highest BCUT2D eigenvalue weighted by Gasteiger charge is 2.38. The second kappa shape index (κ2) is 11.8. The van der Waals surface area contributed by atoms with Gasteiger partial charge in [0.1, 0.15) is 17.2 Å². The molecule has 3 aromatic rings. The predicted octanol–water partition coefficient (Wildman–Crippen LogP) is 7.75. The molecule has 1 aliphatic rings. The summed E-state index contributed by atoms with van der Waals surface area (Å²) in [6, 6.07) is 17.7. The zero-order chi connectivity index (χ0) is 29.1. The molecule has 2 N–H and O–H groups in total. The highest BCUT2D eigenvalue weighted by molar-refractivity contribution is 5.97. The Morgan fingerprint density at radius 3 is 1.82 bits per heavy atom. The summed E-state index contributed by atoms with van der Waals surface area (Å²) >= 11 is 0. The van der Waals surface area contributed by atoms with Crippen LogP contribution < -0.4 is 10.6 Å². The van der Waals surface area contributed by atoms with Gasteiger partial charge in [-0.2, -0.15) is 0 Å². The smallest absolute Gasteiger partial charge is 0.408 e. The molecule has 1 aliphatic carbocycles. The molecular weight excluding hydrogens is 510 g/mol. The van der Waals surface area contributed by atoms with E-state index in [0.29, 0.717) is 12.1 Å². The molecule has 1 fully saturated rings. The Morgan fingerprint density at radius 1 is 0.800 bits per heavy atom. The Hall–Kier alpha value is -3.74. The van der Waals surface area contributed by atoms with Crippen LogP contribution in [0.25, 0.3) is 22.3 Å². The van der Waals surface area contributed by atoms with E-state index in [-0.39, 0.29) is 29.4 Å². The van der Waals surface area contributed by atoms with Crippen LogP contribution in [0.5, 0.6) is 0 Å². The fourth-order valence-electron chi connectivity index (χ4n) is 5.30. The fourth-order valence-corrected chi connectivity index (χ4v) is 5.30. The first-order valence-electron chi connectivity index (χ1n) is 13.8. The van der Waals surface area contributed by atoms with Crippen molar-refractivity contribution in [3.05, 3.63) is 83.9 Å². The molecule has 5 nitrogen and oxygen atoms in total. The van der Waals surface area contributed by atoms with Crippen molar-refractivity contribution >= 4 is 12.0 Å². The van der Waals surface area contributed by atoms with Crippen LogP contribution in [0.4, 0.5) is 13.6 Å². The number of carbonyl (C=O) groups excluding carboxylic acids is 2. The highest BCUT2D eigenvalue weighted by atomic mass is 19.1. The maximum atomic E-state index is 13.5. The predicted molar refractivity (Wildman–Crippen MR) is 154 cm³/mol. The molecule has 40 heavy (non-hydrogen) atoms. The van der Waals surface area contributed by atoms with E-state index in [0.717, 1.165) is 41.5 Å². The summed E-state index contributed by atoms with van der Waals surface area (Å²) in [7, 11) is 0. The first kappa shape index (κ1) is 29.2. The van der Waals surface area contributed by atoms with Crippen LogP contribution in [0.3, 0.4) is 0 Å². The topological polar surface area (TPSA) is 67.4 Å². The number of amides is 2. The number of halogens is 2. The highest BCUT2D eigenvalue weighted by Crippen LogP contribution is 2.38. The molecule has 0 bridgehead atoms. The van der Waals surface area contributed by atoms with Crippen molar-refractivity contribution in [2.24, 2.45) is 11.8 Å². The third kappa shape index (κ3) is 7.68. The van der Waals surface area contributed by atoms with Crippen molar-refractivity contribution in [3.8, 4) is 22.3 Å². The van der Waals surface area contributed by atoms with E-state index in [4.69, 9.17) is 4.74 Å². The third-order valence-electron chi connectivity index (χ3n) is 7.49. The van der Waals surface area contributed by atoms with E-state index >= 15 is 0 Å². The van der Waals surface area contributed by atoms with Crippen LogP contribution in [0.1, 0.15) is 64.2 Å². The number of nitrogens with one attached hydrogen (secondary N) is 2. The summed E-state index contributed by atoms with van der Waals surface area (Å²) in [6.45, 7) is 10.1. The van der Waals surface area contributed by atoms with Crippen LogP contribution in [0.2, 0.25) is 0 Å². The number of hydrogen-bond acceptors (Lipinski definition) is 3. The molecule has 7 heteroatoms. The van der Waals surface area contributed by atoms with Gasteiger partial charge >= 0.3 is 6.09 Å². The van der Waals surface area contributed by atoms with E-state index in [1.807, 2.05) is 40.7 Å². The lowest BCUT2D eigenvalue weighted by Crippen LogP contribution is -2.50. The van der Waals surface area contributed by atoms with Gasteiger partial charge in [-0.05, 0) is 130 Å². The van der Waals surface area contributed by atoms with Gasteiger partial charge in [0.05, 0.1) is 0 Å². The normalized spacial score (nSPS) is 17.4. The van der Waals surface area contributed by atoms with Gasteiger partial charge in [0.2, 0.25) is 0 Å². The van der Waals surface area contributed by atoms with Gasteiger partial charge in [0.15, 0.2) is 0 Å². The molecule has 2 atom stereocenters. The molecule has 0 heterocycles. The van der Waals surface area contributed by atoms with Crippen molar-refractivity contribution in [2.75, 3.05) is 6.54 Å². The van der Waals surface area contributed by atoms with Gasteiger partial charge in [-0.25, -0.2) is 13.6 Å². The van der Waals surface area contributed by atoms with Crippen LogP contribution in [-0.2, 0) is 4.74 Å². The van der Waals surface area contributed by atoms with Gasteiger partial charge in [-0.3, -0.25) is 4.79 Å². The van der Waals surface area contributed by atoms with E-state index < -0.39 is 17.2 Å². The zero-order valence-corrected chi connectivity index (χ0v) is 23.8. The number of rotatable bonds is 7. The Morgan fingerprint density at radius 2 is 1.32 bits per heavy atom. The van der Waals surface area contributed by atoms with Gasteiger partial charge < -0.3 is 15.4 Å². The number of carbonyl (C=O) groups is 2. The Kier molecular flexibility index (Phi) is 8.62. The molecule has 3 aromatic carbocycles. The third-order valence-corrected chi connectivity index (χ3v) is 7.49. The number of benzene rings is 3. The van der Waals surface area contributed by atoms with Gasteiger partial charge in [0.25, 0.3) is 5.91 Å². The van der Waals surface area contributed by atoms with Crippen molar-refractivity contribution < 1.29 is 23.1 Å². The summed E-state index contributed by atoms with van der Waals surface area (Å²) in [5.41, 5.74) is 2.56. The summed E-state index contributed by atoms with van der Waals surface area (Å²) < 4.78 is 32.5. The molecule has 0 aromatic heterocycles. The van der Waals surface area contributed by atoms with Crippen molar-refractivity contribution in [2.45, 2.75) is 65.0 Å². The second-order valence-corrected chi connectivity index (χ2v) is 12.2. The minimum absolute atomic E-state index is 0.207. The summed E-state index contributed by atoms with van der Waals surface area (Å²) in [4.78, 5) is 25.7. The first-order chi connectivity index (χ1) is 18.8. The quantitative estimate of drug-likeness (QED) is 0.317. The largest absolute Gasteiger partial charge is 0.444 e. The van der Waals surface area contributed by atoms with Crippen LogP contribution in [-0.4, -0.2) is 29.7 Å². The monoisotopic (exact) mass is 548 g/mol. The minimum atomic E-state index is -0.562. The van der Waals surface area contributed by atoms with E-state index in [9.17, 15) is 18.4 Å².